The Morgan fingerprint density at radius 1 is 1.35 bits per heavy atom. The summed E-state index contributed by atoms with van der Waals surface area (Å²) < 4.78 is 13.7. The molecular formula is C16H22FNO2. The highest BCUT2D eigenvalue weighted by molar-refractivity contribution is 5.88. The summed E-state index contributed by atoms with van der Waals surface area (Å²) in [6.07, 6.45) is 4.51. The second kappa shape index (κ2) is 5.43. The molecule has 0 bridgehead atoms. The molecule has 0 saturated heterocycles. The van der Waals surface area contributed by atoms with Gasteiger partial charge in [-0.25, -0.2) is 9.18 Å². The minimum atomic E-state index is -1.23. The fourth-order valence-corrected chi connectivity index (χ4v) is 2.88. The molecule has 1 fully saturated rings. The number of halogens is 1. The van der Waals surface area contributed by atoms with Gasteiger partial charge in [0.25, 0.3) is 0 Å². The molecule has 0 spiro atoms. The van der Waals surface area contributed by atoms with Crippen LogP contribution in [0.15, 0.2) is 18.2 Å². The molecule has 1 aromatic rings. The predicted molar refractivity (Wildman–Crippen MR) is 77.8 cm³/mol. The monoisotopic (exact) mass is 279 g/mol. The number of nitrogens with zero attached hydrogens (tertiary/aromatic N) is 1. The Bertz CT molecular complexity index is 503. The summed E-state index contributed by atoms with van der Waals surface area (Å²) in [5.74, 6) is -1.89. The van der Waals surface area contributed by atoms with Crippen LogP contribution >= 0.6 is 0 Å². The lowest BCUT2D eigenvalue weighted by molar-refractivity contribution is 0.0692. The van der Waals surface area contributed by atoms with E-state index in [-0.39, 0.29) is 5.56 Å². The third kappa shape index (κ3) is 3.11. The number of carbonyl (C=O) groups is 1. The van der Waals surface area contributed by atoms with E-state index in [9.17, 15) is 9.18 Å². The molecule has 110 valence electrons. The molecule has 0 heterocycles. The molecule has 1 aliphatic carbocycles. The van der Waals surface area contributed by atoms with Gasteiger partial charge in [-0.15, -0.1) is 0 Å². The zero-order chi connectivity index (χ0) is 14.9. The Morgan fingerprint density at radius 2 is 1.95 bits per heavy atom. The summed E-state index contributed by atoms with van der Waals surface area (Å²) in [6, 6.07) is 4.75. The van der Waals surface area contributed by atoms with Gasteiger partial charge in [0.1, 0.15) is 5.82 Å². The van der Waals surface area contributed by atoms with E-state index in [2.05, 4.69) is 18.7 Å². The number of aromatic carboxylic acids is 1. The summed E-state index contributed by atoms with van der Waals surface area (Å²) in [5.41, 5.74) is 0.875. The lowest BCUT2D eigenvalue weighted by Gasteiger charge is -2.39. The summed E-state index contributed by atoms with van der Waals surface area (Å²) in [5, 5.41) is 8.85. The zero-order valence-electron chi connectivity index (χ0n) is 12.3. The van der Waals surface area contributed by atoms with Crippen molar-refractivity contribution in [2.75, 3.05) is 11.9 Å². The first-order chi connectivity index (χ1) is 9.30. The van der Waals surface area contributed by atoms with E-state index < -0.39 is 11.8 Å². The van der Waals surface area contributed by atoms with Crippen LogP contribution in [0.3, 0.4) is 0 Å². The van der Waals surface area contributed by atoms with Crippen LogP contribution in [0.1, 0.15) is 49.9 Å². The van der Waals surface area contributed by atoms with Gasteiger partial charge < -0.3 is 10.0 Å². The average Bonchev–Trinajstić information content (AvgIpc) is 2.37. The highest BCUT2D eigenvalue weighted by Crippen LogP contribution is 2.37. The summed E-state index contributed by atoms with van der Waals surface area (Å²) in [4.78, 5) is 12.9. The van der Waals surface area contributed by atoms with Gasteiger partial charge in [-0.05, 0) is 49.3 Å². The van der Waals surface area contributed by atoms with Crippen LogP contribution in [-0.2, 0) is 0 Å². The van der Waals surface area contributed by atoms with Crippen molar-refractivity contribution in [3.05, 3.63) is 29.6 Å². The molecule has 3 nitrogen and oxygen atoms in total. The molecule has 0 atom stereocenters. The Balaban J connectivity index is 2.12. The summed E-state index contributed by atoms with van der Waals surface area (Å²) >= 11 is 0. The SMILES string of the molecule is CN(c1ccc(C(=O)O)c(F)c1)C1CCC(C)(C)CC1. The lowest BCUT2D eigenvalue weighted by Crippen LogP contribution is -2.37. The molecule has 0 unspecified atom stereocenters. The molecule has 1 N–H and O–H groups in total. The third-order valence-corrected chi connectivity index (χ3v) is 4.45. The molecule has 1 aliphatic rings. The number of benzene rings is 1. The van der Waals surface area contributed by atoms with Crippen molar-refractivity contribution in [1.29, 1.82) is 0 Å². The molecule has 0 aliphatic heterocycles. The van der Waals surface area contributed by atoms with Gasteiger partial charge >= 0.3 is 5.97 Å². The minimum Gasteiger partial charge on any atom is -0.478 e. The minimum absolute atomic E-state index is 0.271. The van der Waals surface area contributed by atoms with Gasteiger partial charge in [-0.3, -0.25) is 0 Å². The molecule has 4 heteroatoms. The van der Waals surface area contributed by atoms with Crippen LogP contribution in [0.2, 0.25) is 0 Å². The molecule has 2 rings (SSSR count). The van der Waals surface area contributed by atoms with E-state index in [4.69, 9.17) is 5.11 Å². The van der Waals surface area contributed by atoms with Crippen LogP contribution in [0.25, 0.3) is 0 Å². The quantitative estimate of drug-likeness (QED) is 0.911. The van der Waals surface area contributed by atoms with Crippen molar-refractivity contribution < 1.29 is 14.3 Å². The Kier molecular flexibility index (Phi) is 4.02. The van der Waals surface area contributed by atoms with Gasteiger partial charge in [0.2, 0.25) is 0 Å². The standard InChI is InChI=1S/C16H22FNO2/c1-16(2)8-6-11(7-9-16)18(3)12-4-5-13(15(19)20)14(17)10-12/h4-5,10-11H,6-9H2,1-3H3,(H,19,20). The highest BCUT2D eigenvalue weighted by Gasteiger charge is 2.29. The van der Waals surface area contributed by atoms with E-state index in [0.29, 0.717) is 11.5 Å². The first kappa shape index (κ1) is 14.8. The van der Waals surface area contributed by atoms with Crippen molar-refractivity contribution in [3.8, 4) is 0 Å². The van der Waals surface area contributed by atoms with E-state index >= 15 is 0 Å². The molecule has 20 heavy (non-hydrogen) atoms. The smallest absolute Gasteiger partial charge is 0.338 e. The van der Waals surface area contributed by atoms with Crippen molar-refractivity contribution in [1.82, 2.24) is 0 Å². The van der Waals surface area contributed by atoms with E-state index in [1.165, 1.54) is 12.1 Å². The number of hydrogen-bond donors (Lipinski definition) is 1. The molecule has 1 aromatic carbocycles. The maximum atomic E-state index is 13.7. The lowest BCUT2D eigenvalue weighted by atomic mass is 9.75. The number of rotatable bonds is 3. The number of carboxylic acid groups (broad SMARTS) is 1. The van der Waals surface area contributed by atoms with E-state index in [1.54, 1.807) is 6.07 Å². The largest absolute Gasteiger partial charge is 0.478 e. The van der Waals surface area contributed by atoms with Crippen LogP contribution in [0.4, 0.5) is 10.1 Å². The van der Waals surface area contributed by atoms with Gasteiger partial charge in [-0.2, -0.15) is 0 Å². The van der Waals surface area contributed by atoms with Gasteiger partial charge in [-0.1, -0.05) is 13.8 Å². The van der Waals surface area contributed by atoms with Crippen molar-refractivity contribution in [3.63, 3.8) is 0 Å². The van der Waals surface area contributed by atoms with Crippen molar-refractivity contribution in [2.24, 2.45) is 5.41 Å². The fraction of sp³-hybridized carbons (Fsp3) is 0.562. The second-order valence-electron chi connectivity index (χ2n) is 6.48. The Morgan fingerprint density at radius 3 is 2.45 bits per heavy atom. The molecule has 1 saturated carbocycles. The maximum absolute atomic E-state index is 13.7. The summed E-state index contributed by atoms with van der Waals surface area (Å²) in [6.45, 7) is 4.56. The van der Waals surface area contributed by atoms with E-state index in [1.807, 2.05) is 7.05 Å². The zero-order valence-corrected chi connectivity index (χ0v) is 12.3. The Labute approximate surface area is 119 Å². The highest BCUT2D eigenvalue weighted by atomic mass is 19.1. The first-order valence-electron chi connectivity index (χ1n) is 7.06. The third-order valence-electron chi connectivity index (χ3n) is 4.45. The van der Waals surface area contributed by atoms with Gasteiger partial charge in [0.05, 0.1) is 5.56 Å². The van der Waals surface area contributed by atoms with Crippen LogP contribution in [-0.4, -0.2) is 24.2 Å². The van der Waals surface area contributed by atoms with Crippen molar-refractivity contribution >= 4 is 11.7 Å². The number of hydrogen-bond acceptors (Lipinski definition) is 2. The summed E-state index contributed by atoms with van der Waals surface area (Å²) in [7, 11) is 1.96. The average molecular weight is 279 g/mol. The molecule has 0 aromatic heterocycles. The molecule has 0 radical (unpaired) electrons. The molecule has 0 amide bonds. The predicted octanol–water partition coefficient (Wildman–Crippen LogP) is 3.93. The van der Waals surface area contributed by atoms with Gasteiger partial charge in [0, 0.05) is 18.8 Å². The number of carboxylic acids is 1. The molecular weight excluding hydrogens is 257 g/mol. The van der Waals surface area contributed by atoms with Crippen LogP contribution in [0, 0.1) is 11.2 Å². The maximum Gasteiger partial charge on any atom is 0.338 e. The van der Waals surface area contributed by atoms with Crippen LogP contribution in [0.5, 0.6) is 0 Å². The Hall–Kier alpha value is -1.58. The number of anilines is 1. The second-order valence-corrected chi connectivity index (χ2v) is 6.48. The first-order valence-corrected chi connectivity index (χ1v) is 7.06. The topological polar surface area (TPSA) is 40.5 Å². The van der Waals surface area contributed by atoms with Gasteiger partial charge in [0.15, 0.2) is 0 Å². The van der Waals surface area contributed by atoms with Crippen molar-refractivity contribution in [2.45, 2.75) is 45.6 Å². The fourth-order valence-electron chi connectivity index (χ4n) is 2.88. The van der Waals surface area contributed by atoms with Crippen LogP contribution < -0.4 is 4.90 Å². The van der Waals surface area contributed by atoms with E-state index in [0.717, 1.165) is 31.4 Å². The normalized spacial score (nSPS) is 18.8.